The maximum atomic E-state index is 4.28. The molecule has 0 saturated heterocycles. The fourth-order valence-corrected chi connectivity index (χ4v) is 3.00. The molecule has 0 fully saturated rings. The number of aromatic nitrogens is 1. The van der Waals surface area contributed by atoms with Gasteiger partial charge in [0.25, 0.3) is 0 Å². The zero-order valence-electron chi connectivity index (χ0n) is 6.17. The van der Waals surface area contributed by atoms with Crippen LogP contribution in [0.3, 0.4) is 0 Å². The van der Waals surface area contributed by atoms with Crippen molar-refractivity contribution < 1.29 is 0 Å². The van der Waals surface area contributed by atoms with Gasteiger partial charge in [-0.2, -0.15) is 0 Å². The van der Waals surface area contributed by atoms with Crippen LogP contribution in [0.1, 0.15) is 23.9 Å². The molecule has 1 aromatic heterocycles. The van der Waals surface area contributed by atoms with Crippen LogP contribution in [0.25, 0.3) is 6.08 Å². The molecule has 1 aliphatic rings. The Morgan fingerprint density at radius 2 is 2.55 bits per heavy atom. The van der Waals surface area contributed by atoms with Crippen LogP contribution in [0.15, 0.2) is 11.6 Å². The molecule has 3 heteroatoms. The largest absolute Gasteiger partial charge is 0.245 e. The summed E-state index contributed by atoms with van der Waals surface area (Å²) < 4.78 is 0.281. The third kappa shape index (κ3) is 1.24. The summed E-state index contributed by atoms with van der Waals surface area (Å²) in [5.41, 5.74) is 3.09. The highest BCUT2D eigenvalue weighted by Crippen LogP contribution is 2.42. The Kier molecular flexibility index (Phi) is 1.79. The first-order valence-corrected chi connectivity index (χ1v) is 5.45. The van der Waals surface area contributed by atoms with Crippen molar-refractivity contribution in [3.8, 4) is 0 Å². The number of hydrogen-bond acceptors (Lipinski definition) is 2. The quantitative estimate of drug-likeness (QED) is 0.524. The van der Waals surface area contributed by atoms with E-state index in [1.165, 1.54) is 4.88 Å². The molecule has 0 bridgehead atoms. The molecule has 0 N–H and O–H groups in total. The molecule has 0 saturated carbocycles. The first-order valence-electron chi connectivity index (χ1n) is 3.49. The molecule has 58 valence electrons. The molecule has 1 atom stereocenters. The third-order valence-electron chi connectivity index (χ3n) is 1.85. The minimum atomic E-state index is 0.281. The fraction of sp³-hybridized carbons (Fsp3) is 0.375. The Morgan fingerprint density at radius 1 is 1.73 bits per heavy atom. The standard InChI is InChI=1S/C8H8INS/c1-8(9)4-2-3-6-7(8)11-5-10-6/h2-3,5H,4H2,1H3. The monoisotopic (exact) mass is 277 g/mol. The van der Waals surface area contributed by atoms with E-state index in [9.17, 15) is 0 Å². The van der Waals surface area contributed by atoms with Gasteiger partial charge in [0.05, 0.1) is 14.6 Å². The predicted molar refractivity (Wildman–Crippen MR) is 57.1 cm³/mol. The molecule has 2 rings (SSSR count). The molecule has 0 aromatic carbocycles. The average Bonchev–Trinajstić information content (AvgIpc) is 2.34. The number of allylic oxidation sites excluding steroid dienone is 1. The molecule has 1 heterocycles. The van der Waals surface area contributed by atoms with Gasteiger partial charge in [0, 0.05) is 4.88 Å². The molecular formula is C8H8INS. The van der Waals surface area contributed by atoms with Crippen molar-refractivity contribution >= 4 is 40.0 Å². The van der Waals surface area contributed by atoms with E-state index in [0.717, 1.165) is 12.1 Å². The van der Waals surface area contributed by atoms with Gasteiger partial charge in [-0.3, -0.25) is 0 Å². The first kappa shape index (κ1) is 7.73. The Balaban J connectivity index is 2.58. The van der Waals surface area contributed by atoms with Crippen LogP contribution in [0.4, 0.5) is 0 Å². The van der Waals surface area contributed by atoms with Crippen molar-refractivity contribution in [2.45, 2.75) is 16.8 Å². The van der Waals surface area contributed by atoms with Crippen LogP contribution in [0.2, 0.25) is 0 Å². The lowest BCUT2D eigenvalue weighted by Gasteiger charge is -2.22. The predicted octanol–water partition coefficient (Wildman–Crippen LogP) is 3.21. The lowest BCUT2D eigenvalue weighted by Crippen LogP contribution is -2.13. The topological polar surface area (TPSA) is 12.9 Å². The van der Waals surface area contributed by atoms with Crippen molar-refractivity contribution in [3.63, 3.8) is 0 Å². The molecule has 1 aliphatic carbocycles. The molecule has 0 spiro atoms. The van der Waals surface area contributed by atoms with E-state index in [2.05, 4.69) is 46.7 Å². The lowest BCUT2D eigenvalue weighted by molar-refractivity contribution is 0.750. The second-order valence-corrected chi connectivity index (χ2v) is 6.11. The summed E-state index contributed by atoms with van der Waals surface area (Å²) in [6, 6.07) is 0. The summed E-state index contributed by atoms with van der Waals surface area (Å²) in [6.45, 7) is 2.26. The number of nitrogens with zero attached hydrogens (tertiary/aromatic N) is 1. The molecular weight excluding hydrogens is 269 g/mol. The van der Waals surface area contributed by atoms with E-state index in [0.29, 0.717) is 0 Å². The Labute approximate surface area is 83.7 Å². The van der Waals surface area contributed by atoms with Gasteiger partial charge >= 0.3 is 0 Å². The summed E-state index contributed by atoms with van der Waals surface area (Å²) in [6.07, 6.45) is 5.45. The average molecular weight is 277 g/mol. The highest BCUT2D eigenvalue weighted by atomic mass is 127. The SMILES string of the molecule is CC1(I)CC=Cc2ncsc21. The Bertz CT molecular complexity index is 301. The van der Waals surface area contributed by atoms with E-state index in [4.69, 9.17) is 0 Å². The van der Waals surface area contributed by atoms with E-state index < -0.39 is 0 Å². The zero-order valence-corrected chi connectivity index (χ0v) is 9.15. The highest BCUT2D eigenvalue weighted by molar-refractivity contribution is 14.1. The molecule has 1 nitrogen and oxygen atoms in total. The van der Waals surface area contributed by atoms with Crippen LogP contribution in [-0.4, -0.2) is 4.98 Å². The van der Waals surface area contributed by atoms with Crippen molar-refractivity contribution in [3.05, 3.63) is 22.2 Å². The van der Waals surface area contributed by atoms with Gasteiger partial charge < -0.3 is 0 Å². The van der Waals surface area contributed by atoms with Crippen LogP contribution in [0, 0.1) is 0 Å². The minimum Gasteiger partial charge on any atom is -0.245 e. The number of hydrogen-bond donors (Lipinski definition) is 0. The number of fused-ring (bicyclic) bond motifs is 1. The molecule has 11 heavy (non-hydrogen) atoms. The van der Waals surface area contributed by atoms with Gasteiger partial charge in [0.15, 0.2) is 0 Å². The van der Waals surface area contributed by atoms with Crippen LogP contribution in [-0.2, 0) is 3.42 Å². The van der Waals surface area contributed by atoms with Crippen molar-refractivity contribution in [2.75, 3.05) is 0 Å². The third-order valence-corrected chi connectivity index (χ3v) is 4.30. The van der Waals surface area contributed by atoms with Gasteiger partial charge in [-0.1, -0.05) is 28.7 Å². The summed E-state index contributed by atoms with van der Waals surface area (Å²) in [5.74, 6) is 0. The van der Waals surface area contributed by atoms with Crippen LogP contribution < -0.4 is 0 Å². The number of rotatable bonds is 0. The van der Waals surface area contributed by atoms with Gasteiger partial charge in [-0.25, -0.2) is 4.98 Å². The highest BCUT2D eigenvalue weighted by Gasteiger charge is 2.28. The van der Waals surface area contributed by atoms with Crippen molar-refractivity contribution in [1.82, 2.24) is 4.98 Å². The maximum Gasteiger partial charge on any atom is 0.0802 e. The zero-order chi connectivity index (χ0) is 7.90. The maximum absolute atomic E-state index is 4.28. The van der Waals surface area contributed by atoms with Crippen LogP contribution in [0.5, 0.6) is 0 Å². The number of alkyl halides is 1. The van der Waals surface area contributed by atoms with Gasteiger partial charge in [0.1, 0.15) is 0 Å². The van der Waals surface area contributed by atoms with Gasteiger partial charge in [-0.15, -0.1) is 11.3 Å². The second kappa shape index (κ2) is 2.55. The van der Waals surface area contributed by atoms with E-state index in [1.807, 2.05) is 5.51 Å². The fourth-order valence-electron chi connectivity index (χ4n) is 1.25. The molecule has 0 aliphatic heterocycles. The van der Waals surface area contributed by atoms with E-state index in [1.54, 1.807) is 11.3 Å². The normalized spacial score (nSPS) is 28.5. The van der Waals surface area contributed by atoms with Gasteiger partial charge in [0.2, 0.25) is 0 Å². The number of thiazole rings is 1. The Morgan fingerprint density at radius 3 is 3.27 bits per heavy atom. The van der Waals surface area contributed by atoms with Crippen LogP contribution >= 0.6 is 33.9 Å². The molecule has 0 amide bonds. The lowest BCUT2D eigenvalue weighted by atomic mass is 9.99. The summed E-state index contributed by atoms with van der Waals surface area (Å²) in [4.78, 5) is 5.70. The van der Waals surface area contributed by atoms with Crippen molar-refractivity contribution in [1.29, 1.82) is 0 Å². The van der Waals surface area contributed by atoms with Gasteiger partial charge in [-0.05, 0) is 19.4 Å². The summed E-state index contributed by atoms with van der Waals surface area (Å²) >= 11 is 4.26. The van der Waals surface area contributed by atoms with Crippen molar-refractivity contribution in [2.24, 2.45) is 0 Å². The van der Waals surface area contributed by atoms with E-state index in [-0.39, 0.29) is 3.42 Å². The molecule has 0 radical (unpaired) electrons. The molecule has 1 unspecified atom stereocenters. The summed E-state index contributed by atoms with van der Waals surface area (Å²) in [7, 11) is 0. The minimum absolute atomic E-state index is 0.281. The summed E-state index contributed by atoms with van der Waals surface area (Å²) in [5, 5.41) is 0. The Hall–Kier alpha value is 0.1000. The number of halogens is 1. The first-order chi connectivity index (χ1) is 5.20. The molecule has 1 aromatic rings. The second-order valence-electron chi connectivity index (χ2n) is 2.87. The smallest absolute Gasteiger partial charge is 0.0802 e. The van der Waals surface area contributed by atoms with E-state index >= 15 is 0 Å².